The number of carbonyl (C=O) groups excluding carboxylic acids is 2. The number of carbonyl (C=O) groups is 2. The third kappa shape index (κ3) is 3.62. The van der Waals surface area contributed by atoms with Crippen LogP contribution in [0, 0.1) is 11.7 Å². The summed E-state index contributed by atoms with van der Waals surface area (Å²) in [5, 5.41) is 2.41. The Balaban J connectivity index is 1.77. The van der Waals surface area contributed by atoms with E-state index in [0.29, 0.717) is 18.6 Å². The van der Waals surface area contributed by atoms with Gasteiger partial charge in [-0.25, -0.2) is 9.18 Å². The van der Waals surface area contributed by atoms with Crippen LogP contribution < -0.4 is 5.32 Å². The number of fused-ring (bicyclic) bond motifs is 1. The molecule has 0 unspecified atom stereocenters. The third-order valence-electron chi connectivity index (χ3n) is 4.93. The van der Waals surface area contributed by atoms with Crippen molar-refractivity contribution in [1.29, 1.82) is 0 Å². The molecular formula is C17H18F4N2O2. The summed E-state index contributed by atoms with van der Waals surface area (Å²) in [6, 6.07) is 1.60. The van der Waals surface area contributed by atoms with E-state index in [2.05, 4.69) is 5.32 Å². The highest BCUT2D eigenvalue weighted by molar-refractivity contribution is 5.92. The van der Waals surface area contributed by atoms with E-state index < -0.39 is 23.6 Å². The Kier molecular flexibility index (Phi) is 4.71. The van der Waals surface area contributed by atoms with E-state index in [0.717, 1.165) is 25.3 Å². The molecule has 1 aromatic carbocycles. The first kappa shape index (κ1) is 17.7. The number of alkyl halides is 3. The number of ketones is 1. The molecule has 0 radical (unpaired) electrons. The quantitative estimate of drug-likeness (QED) is 0.765. The highest BCUT2D eigenvalue weighted by Crippen LogP contribution is 2.35. The lowest BCUT2D eigenvalue weighted by molar-refractivity contribution is -0.140. The molecule has 0 aromatic heterocycles. The molecule has 2 aliphatic rings. The molecule has 1 saturated heterocycles. The monoisotopic (exact) mass is 358 g/mol. The van der Waals surface area contributed by atoms with Crippen LogP contribution in [0.3, 0.4) is 0 Å². The van der Waals surface area contributed by atoms with Crippen molar-refractivity contribution < 1.29 is 27.2 Å². The Morgan fingerprint density at radius 2 is 1.92 bits per heavy atom. The minimum absolute atomic E-state index is 0.122. The van der Waals surface area contributed by atoms with Crippen LogP contribution in [0.15, 0.2) is 18.2 Å². The van der Waals surface area contributed by atoms with Gasteiger partial charge in [-0.3, -0.25) is 4.79 Å². The van der Waals surface area contributed by atoms with E-state index in [4.69, 9.17) is 0 Å². The summed E-state index contributed by atoms with van der Waals surface area (Å²) in [4.78, 5) is 26.1. The highest BCUT2D eigenvalue weighted by atomic mass is 19.4. The van der Waals surface area contributed by atoms with Crippen molar-refractivity contribution in [1.82, 2.24) is 4.90 Å². The van der Waals surface area contributed by atoms with Gasteiger partial charge in [-0.15, -0.1) is 0 Å². The van der Waals surface area contributed by atoms with Crippen LogP contribution in [0.25, 0.3) is 0 Å². The summed E-state index contributed by atoms with van der Waals surface area (Å²) in [5.41, 5.74) is -1.54. The lowest BCUT2D eigenvalue weighted by atomic mass is 9.77. The Bertz CT molecular complexity index is 690. The Morgan fingerprint density at radius 1 is 1.20 bits per heavy atom. The third-order valence-corrected chi connectivity index (χ3v) is 4.93. The standard InChI is InChI=1S/C17H18F4N2O2/c18-13-6-5-10(9-12(13)17(19,20)21)22-16(25)23-8-7-15(24)11-3-1-2-4-14(11)23/h5-6,9,11,14H,1-4,7-8H2,(H,22,25)/t11-,14+/m0/s1. The number of halogens is 4. The van der Waals surface area contributed by atoms with Gasteiger partial charge in [0.05, 0.1) is 5.56 Å². The Labute approximate surface area is 142 Å². The summed E-state index contributed by atoms with van der Waals surface area (Å²) in [6.07, 6.45) is -1.28. The van der Waals surface area contributed by atoms with Crippen LogP contribution in [-0.2, 0) is 11.0 Å². The highest BCUT2D eigenvalue weighted by Gasteiger charge is 2.40. The molecule has 2 fully saturated rings. The molecule has 1 heterocycles. The van der Waals surface area contributed by atoms with E-state index in [-0.39, 0.29) is 36.4 Å². The fraction of sp³-hybridized carbons (Fsp3) is 0.529. The minimum Gasteiger partial charge on any atom is -0.320 e. The number of amides is 2. The van der Waals surface area contributed by atoms with Crippen LogP contribution >= 0.6 is 0 Å². The van der Waals surface area contributed by atoms with Gasteiger partial charge in [-0.2, -0.15) is 13.2 Å². The van der Waals surface area contributed by atoms with Gasteiger partial charge in [0, 0.05) is 30.6 Å². The Hall–Kier alpha value is -2.12. The second-order valence-corrected chi connectivity index (χ2v) is 6.49. The number of likely N-dealkylation sites (tertiary alicyclic amines) is 1. The van der Waals surface area contributed by atoms with Crippen LogP contribution in [0.2, 0.25) is 0 Å². The fourth-order valence-corrected chi connectivity index (χ4v) is 3.71. The van der Waals surface area contributed by atoms with E-state index in [1.165, 1.54) is 4.90 Å². The van der Waals surface area contributed by atoms with Crippen LogP contribution in [0.4, 0.5) is 28.0 Å². The fourth-order valence-electron chi connectivity index (χ4n) is 3.71. The first-order chi connectivity index (χ1) is 11.8. The molecule has 0 bridgehead atoms. The lowest BCUT2D eigenvalue weighted by Crippen LogP contribution is -2.54. The molecule has 2 atom stereocenters. The maximum absolute atomic E-state index is 13.3. The lowest BCUT2D eigenvalue weighted by Gasteiger charge is -2.42. The first-order valence-corrected chi connectivity index (χ1v) is 8.24. The van der Waals surface area contributed by atoms with Crippen molar-refractivity contribution in [3.63, 3.8) is 0 Å². The number of benzene rings is 1. The van der Waals surface area contributed by atoms with Gasteiger partial charge in [0.25, 0.3) is 0 Å². The van der Waals surface area contributed by atoms with Crippen molar-refractivity contribution in [2.45, 2.75) is 44.3 Å². The average Bonchev–Trinajstić information content (AvgIpc) is 2.56. The summed E-state index contributed by atoms with van der Waals surface area (Å²) >= 11 is 0. The molecule has 1 saturated carbocycles. The van der Waals surface area contributed by atoms with Crippen molar-refractivity contribution in [2.75, 3.05) is 11.9 Å². The number of Topliss-reactive ketones (excluding diaryl/α,β-unsaturated/α-hetero) is 1. The normalized spacial score (nSPS) is 24.0. The second kappa shape index (κ2) is 6.65. The predicted octanol–water partition coefficient (Wildman–Crippen LogP) is 4.21. The molecule has 2 amide bonds. The van der Waals surface area contributed by atoms with Gasteiger partial charge in [-0.05, 0) is 31.0 Å². The molecule has 1 aliphatic heterocycles. The molecule has 136 valence electrons. The Morgan fingerprint density at radius 3 is 2.64 bits per heavy atom. The molecule has 0 spiro atoms. The molecular weight excluding hydrogens is 340 g/mol. The number of nitrogens with zero attached hydrogens (tertiary/aromatic N) is 1. The van der Waals surface area contributed by atoms with Crippen LogP contribution in [0.5, 0.6) is 0 Å². The van der Waals surface area contributed by atoms with Gasteiger partial charge < -0.3 is 10.2 Å². The molecule has 1 aromatic rings. The summed E-state index contributed by atoms with van der Waals surface area (Å²) in [5.74, 6) is -1.43. The van der Waals surface area contributed by atoms with Gasteiger partial charge in [-0.1, -0.05) is 12.8 Å². The second-order valence-electron chi connectivity index (χ2n) is 6.49. The van der Waals surface area contributed by atoms with Crippen molar-refractivity contribution in [3.8, 4) is 0 Å². The maximum atomic E-state index is 13.3. The van der Waals surface area contributed by atoms with Crippen molar-refractivity contribution in [2.24, 2.45) is 5.92 Å². The number of anilines is 1. The zero-order valence-electron chi connectivity index (χ0n) is 13.4. The SMILES string of the molecule is O=C1CCN(C(=O)Nc2ccc(F)c(C(F)(F)F)c2)[C@@H]2CCCC[C@H]12. The summed E-state index contributed by atoms with van der Waals surface area (Å²) < 4.78 is 51.7. The largest absolute Gasteiger partial charge is 0.419 e. The molecule has 25 heavy (non-hydrogen) atoms. The van der Waals surface area contributed by atoms with Crippen LogP contribution in [0.1, 0.15) is 37.7 Å². The van der Waals surface area contributed by atoms with Gasteiger partial charge >= 0.3 is 12.2 Å². The predicted molar refractivity (Wildman–Crippen MR) is 82.5 cm³/mol. The smallest absolute Gasteiger partial charge is 0.320 e. The van der Waals surface area contributed by atoms with E-state index in [1.807, 2.05) is 0 Å². The van der Waals surface area contributed by atoms with E-state index in [1.54, 1.807) is 0 Å². The number of piperidine rings is 1. The number of hydrogen-bond donors (Lipinski definition) is 1. The molecule has 8 heteroatoms. The van der Waals surface area contributed by atoms with Gasteiger partial charge in [0.15, 0.2) is 0 Å². The van der Waals surface area contributed by atoms with Gasteiger partial charge in [0.1, 0.15) is 11.6 Å². The number of rotatable bonds is 1. The number of nitrogens with one attached hydrogen (secondary N) is 1. The topological polar surface area (TPSA) is 49.4 Å². The van der Waals surface area contributed by atoms with Crippen LogP contribution in [-0.4, -0.2) is 29.3 Å². The van der Waals surface area contributed by atoms with Crippen molar-refractivity contribution in [3.05, 3.63) is 29.6 Å². The van der Waals surface area contributed by atoms with E-state index >= 15 is 0 Å². The zero-order chi connectivity index (χ0) is 18.2. The first-order valence-electron chi connectivity index (χ1n) is 8.24. The summed E-state index contributed by atoms with van der Waals surface area (Å²) in [7, 11) is 0. The van der Waals surface area contributed by atoms with Crippen molar-refractivity contribution >= 4 is 17.5 Å². The van der Waals surface area contributed by atoms with E-state index in [9.17, 15) is 27.2 Å². The number of hydrogen-bond acceptors (Lipinski definition) is 2. The number of urea groups is 1. The summed E-state index contributed by atoms with van der Waals surface area (Å²) in [6.45, 7) is 0.249. The molecule has 4 nitrogen and oxygen atoms in total. The minimum atomic E-state index is -4.84. The average molecular weight is 358 g/mol. The maximum Gasteiger partial charge on any atom is 0.419 e. The molecule has 3 rings (SSSR count). The zero-order valence-corrected chi connectivity index (χ0v) is 13.4. The molecule has 1 aliphatic carbocycles. The van der Waals surface area contributed by atoms with Gasteiger partial charge in [0.2, 0.25) is 0 Å². The molecule has 1 N–H and O–H groups in total.